The number of rotatable bonds is 3. The van der Waals surface area contributed by atoms with Crippen molar-refractivity contribution in [2.75, 3.05) is 0 Å². The van der Waals surface area contributed by atoms with Crippen molar-refractivity contribution in [3.05, 3.63) is 28.8 Å². The van der Waals surface area contributed by atoms with E-state index >= 15 is 0 Å². The second kappa shape index (κ2) is 4.28. The van der Waals surface area contributed by atoms with E-state index < -0.39 is 0 Å². The molecule has 16 heavy (non-hydrogen) atoms. The van der Waals surface area contributed by atoms with Crippen LogP contribution in [0.5, 0.6) is 5.75 Å². The molecule has 0 aliphatic rings. The number of ketones is 1. The maximum atomic E-state index is 11.2. The van der Waals surface area contributed by atoms with Crippen LogP contribution in [0, 0.1) is 13.8 Å². The Bertz CT molecular complexity index is 394. The van der Waals surface area contributed by atoms with Crippen LogP contribution in [0.4, 0.5) is 0 Å². The predicted molar refractivity (Wildman–Crippen MR) is 65.9 cm³/mol. The summed E-state index contributed by atoms with van der Waals surface area (Å²) >= 11 is 0. The van der Waals surface area contributed by atoms with Crippen LogP contribution in [0.2, 0.25) is 0 Å². The SMILES string of the molecule is CC(=O)CC(C)(C)c1c(C)cc(C)cc1O. The quantitative estimate of drug-likeness (QED) is 0.848. The molecule has 0 radical (unpaired) electrons. The number of carbonyl (C=O) groups excluding carboxylic acids is 1. The molecule has 1 aromatic rings. The van der Waals surface area contributed by atoms with E-state index in [2.05, 4.69) is 0 Å². The van der Waals surface area contributed by atoms with Gasteiger partial charge in [0.05, 0.1) is 0 Å². The molecular formula is C14H20O2. The third-order valence-corrected chi connectivity index (χ3v) is 2.83. The fourth-order valence-electron chi connectivity index (χ4n) is 2.54. The molecule has 2 heteroatoms. The number of aromatic hydroxyl groups is 1. The van der Waals surface area contributed by atoms with Gasteiger partial charge in [0, 0.05) is 17.4 Å². The summed E-state index contributed by atoms with van der Waals surface area (Å²) in [5.41, 5.74) is 2.66. The maximum absolute atomic E-state index is 11.2. The number of carbonyl (C=O) groups is 1. The molecule has 0 spiro atoms. The van der Waals surface area contributed by atoms with Crippen LogP contribution in [0.1, 0.15) is 43.9 Å². The second-order valence-electron chi connectivity index (χ2n) is 5.24. The fourth-order valence-corrected chi connectivity index (χ4v) is 2.54. The Morgan fingerprint density at radius 1 is 1.31 bits per heavy atom. The van der Waals surface area contributed by atoms with E-state index in [4.69, 9.17) is 0 Å². The lowest BCUT2D eigenvalue weighted by atomic mass is 9.77. The van der Waals surface area contributed by atoms with Crippen molar-refractivity contribution in [2.45, 2.75) is 46.5 Å². The molecule has 1 aromatic carbocycles. The van der Waals surface area contributed by atoms with E-state index in [1.807, 2.05) is 33.8 Å². The summed E-state index contributed by atoms with van der Waals surface area (Å²) in [6.45, 7) is 9.50. The Hall–Kier alpha value is -1.31. The average Bonchev–Trinajstić information content (AvgIpc) is 1.96. The first kappa shape index (κ1) is 12.8. The number of hydrogen-bond acceptors (Lipinski definition) is 2. The van der Waals surface area contributed by atoms with E-state index in [0.717, 1.165) is 16.7 Å². The minimum absolute atomic E-state index is 0.143. The molecular weight excluding hydrogens is 200 g/mol. The number of aryl methyl sites for hydroxylation is 2. The van der Waals surface area contributed by atoms with Crippen LogP contribution in [0.25, 0.3) is 0 Å². The average molecular weight is 220 g/mol. The highest BCUT2D eigenvalue weighted by molar-refractivity contribution is 5.77. The van der Waals surface area contributed by atoms with Gasteiger partial charge in [-0.05, 0) is 38.0 Å². The minimum atomic E-state index is -0.312. The van der Waals surface area contributed by atoms with Crippen molar-refractivity contribution in [1.29, 1.82) is 0 Å². The lowest BCUT2D eigenvalue weighted by molar-refractivity contribution is -0.118. The molecule has 0 aliphatic carbocycles. The predicted octanol–water partition coefficient (Wildman–Crippen LogP) is 3.27. The van der Waals surface area contributed by atoms with Crippen molar-refractivity contribution in [1.82, 2.24) is 0 Å². The van der Waals surface area contributed by atoms with Gasteiger partial charge in [0.25, 0.3) is 0 Å². The van der Waals surface area contributed by atoms with Crippen LogP contribution in [-0.4, -0.2) is 10.9 Å². The molecule has 88 valence electrons. The number of benzene rings is 1. The molecule has 0 bridgehead atoms. The zero-order valence-corrected chi connectivity index (χ0v) is 10.7. The first-order chi connectivity index (χ1) is 7.24. The third kappa shape index (κ3) is 2.63. The molecule has 0 saturated carbocycles. The Labute approximate surface area is 97.3 Å². The molecule has 2 nitrogen and oxygen atoms in total. The monoisotopic (exact) mass is 220 g/mol. The van der Waals surface area contributed by atoms with E-state index in [1.165, 1.54) is 0 Å². The summed E-state index contributed by atoms with van der Waals surface area (Å²) in [6, 6.07) is 3.79. The molecule has 1 rings (SSSR count). The molecule has 0 heterocycles. The van der Waals surface area contributed by atoms with Gasteiger partial charge in [0.2, 0.25) is 0 Å². The molecule has 0 amide bonds. The maximum Gasteiger partial charge on any atom is 0.130 e. The van der Waals surface area contributed by atoms with Crippen molar-refractivity contribution < 1.29 is 9.90 Å². The van der Waals surface area contributed by atoms with Crippen LogP contribution in [0.3, 0.4) is 0 Å². The van der Waals surface area contributed by atoms with Gasteiger partial charge in [-0.1, -0.05) is 19.9 Å². The first-order valence-corrected chi connectivity index (χ1v) is 5.54. The second-order valence-corrected chi connectivity index (χ2v) is 5.24. The molecule has 0 aliphatic heterocycles. The normalized spacial score (nSPS) is 11.6. The van der Waals surface area contributed by atoms with E-state index in [-0.39, 0.29) is 11.2 Å². The van der Waals surface area contributed by atoms with Gasteiger partial charge in [-0.2, -0.15) is 0 Å². The summed E-state index contributed by atoms with van der Waals surface area (Å²) in [7, 11) is 0. The van der Waals surface area contributed by atoms with E-state index in [1.54, 1.807) is 13.0 Å². The molecule has 0 unspecified atom stereocenters. The van der Waals surface area contributed by atoms with Gasteiger partial charge in [0.1, 0.15) is 11.5 Å². The summed E-state index contributed by atoms with van der Waals surface area (Å²) in [4.78, 5) is 11.2. The standard InChI is InChI=1S/C14H20O2/c1-9-6-10(2)13(12(16)7-9)14(4,5)8-11(3)15/h6-7,16H,8H2,1-5H3. The number of phenolic OH excluding ortho intramolecular Hbond substituents is 1. The summed E-state index contributed by atoms with van der Waals surface area (Å²) in [6.07, 6.45) is 0.449. The lowest BCUT2D eigenvalue weighted by Crippen LogP contribution is -2.22. The molecule has 0 saturated heterocycles. The minimum Gasteiger partial charge on any atom is -0.508 e. The van der Waals surface area contributed by atoms with Crippen LogP contribution >= 0.6 is 0 Å². The highest BCUT2D eigenvalue weighted by Gasteiger charge is 2.27. The highest BCUT2D eigenvalue weighted by atomic mass is 16.3. The fraction of sp³-hybridized carbons (Fsp3) is 0.500. The number of Topliss-reactive ketones (excluding diaryl/α,β-unsaturated/α-hetero) is 1. The van der Waals surface area contributed by atoms with Gasteiger partial charge in [0.15, 0.2) is 0 Å². The van der Waals surface area contributed by atoms with Crippen LogP contribution < -0.4 is 0 Å². The Morgan fingerprint density at radius 3 is 2.31 bits per heavy atom. The van der Waals surface area contributed by atoms with Crippen molar-refractivity contribution in [3.8, 4) is 5.75 Å². The van der Waals surface area contributed by atoms with Crippen LogP contribution in [0.15, 0.2) is 12.1 Å². The van der Waals surface area contributed by atoms with Gasteiger partial charge >= 0.3 is 0 Å². The molecule has 1 N–H and O–H groups in total. The first-order valence-electron chi connectivity index (χ1n) is 5.54. The Balaban J connectivity index is 3.27. The lowest BCUT2D eigenvalue weighted by Gasteiger charge is -2.27. The number of phenols is 1. The van der Waals surface area contributed by atoms with Gasteiger partial charge in [-0.25, -0.2) is 0 Å². The van der Waals surface area contributed by atoms with Gasteiger partial charge in [-0.15, -0.1) is 0 Å². The number of hydrogen-bond donors (Lipinski definition) is 1. The van der Waals surface area contributed by atoms with Gasteiger partial charge in [-0.3, -0.25) is 4.79 Å². The molecule has 0 fully saturated rings. The molecule has 0 aromatic heterocycles. The topological polar surface area (TPSA) is 37.3 Å². The third-order valence-electron chi connectivity index (χ3n) is 2.83. The van der Waals surface area contributed by atoms with Crippen molar-refractivity contribution in [3.63, 3.8) is 0 Å². The van der Waals surface area contributed by atoms with E-state index in [0.29, 0.717) is 12.2 Å². The Kier molecular flexibility index (Phi) is 3.41. The zero-order valence-electron chi connectivity index (χ0n) is 10.7. The molecule has 0 atom stereocenters. The largest absolute Gasteiger partial charge is 0.508 e. The van der Waals surface area contributed by atoms with Crippen molar-refractivity contribution >= 4 is 5.78 Å². The summed E-state index contributed by atoms with van der Waals surface area (Å²) < 4.78 is 0. The highest BCUT2D eigenvalue weighted by Crippen LogP contribution is 2.37. The summed E-state index contributed by atoms with van der Waals surface area (Å²) in [5, 5.41) is 10.0. The van der Waals surface area contributed by atoms with Crippen LogP contribution in [-0.2, 0) is 10.2 Å². The van der Waals surface area contributed by atoms with E-state index in [9.17, 15) is 9.90 Å². The van der Waals surface area contributed by atoms with Crippen molar-refractivity contribution in [2.24, 2.45) is 0 Å². The zero-order chi connectivity index (χ0) is 12.5. The summed E-state index contributed by atoms with van der Waals surface area (Å²) in [5.74, 6) is 0.438. The Morgan fingerprint density at radius 2 is 1.88 bits per heavy atom. The van der Waals surface area contributed by atoms with Gasteiger partial charge < -0.3 is 5.11 Å². The smallest absolute Gasteiger partial charge is 0.130 e.